The van der Waals surface area contributed by atoms with Crippen molar-refractivity contribution < 1.29 is 4.74 Å². The van der Waals surface area contributed by atoms with Gasteiger partial charge in [0, 0.05) is 23.7 Å². The van der Waals surface area contributed by atoms with E-state index in [1.54, 1.807) is 7.11 Å². The van der Waals surface area contributed by atoms with Crippen LogP contribution in [0.15, 0.2) is 24.3 Å². The van der Waals surface area contributed by atoms with Gasteiger partial charge in [0.05, 0.1) is 7.11 Å². The summed E-state index contributed by atoms with van der Waals surface area (Å²) in [6.07, 6.45) is 3.07. The van der Waals surface area contributed by atoms with Crippen LogP contribution in [0.4, 0.5) is 0 Å². The van der Waals surface area contributed by atoms with E-state index in [2.05, 4.69) is 55.8 Å². The van der Waals surface area contributed by atoms with Gasteiger partial charge in [-0.15, -0.1) is 0 Å². The molecular formula is C19H31N3OS. The van der Waals surface area contributed by atoms with E-state index in [0.717, 1.165) is 36.7 Å². The van der Waals surface area contributed by atoms with Crippen molar-refractivity contribution in [3.8, 4) is 5.75 Å². The van der Waals surface area contributed by atoms with Crippen LogP contribution in [0.2, 0.25) is 0 Å². The van der Waals surface area contributed by atoms with Crippen LogP contribution in [0.3, 0.4) is 0 Å². The fourth-order valence-corrected chi connectivity index (χ4v) is 4.04. The summed E-state index contributed by atoms with van der Waals surface area (Å²) in [7, 11) is 1.68. The number of ether oxygens (including phenoxy) is 1. The molecule has 24 heavy (non-hydrogen) atoms. The molecule has 1 aromatic rings. The van der Waals surface area contributed by atoms with Crippen molar-refractivity contribution in [1.82, 2.24) is 16.0 Å². The predicted molar refractivity (Wildman–Crippen MR) is 105 cm³/mol. The second-order valence-corrected chi connectivity index (χ2v) is 8.40. The Morgan fingerprint density at radius 3 is 2.29 bits per heavy atom. The lowest BCUT2D eigenvalue weighted by molar-refractivity contribution is 0.155. The van der Waals surface area contributed by atoms with E-state index in [-0.39, 0.29) is 11.1 Å². The third kappa shape index (κ3) is 5.95. The van der Waals surface area contributed by atoms with Gasteiger partial charge >= 0.3 is 0 Å². The van der Waals surface area contributed by atoms with Gasteiger partial charge in [-0.3, -0.25) is 0 Å². The van der Waals surface area contributed by atoms with Gasteiger partial charge in [-0.2, -0.15) is 0 Å². The molecule has 4 nitrogen and oxygen atoms in total. The van der Waals surface area contributed by atoms with Crippen molar-refractivity contribution in [2.45, 2.75) is 64.1 Å². The first-order valence-corrected chi connectivity index (χ1v) is 9.07. The molecule has 0 spiro atoms. The molecule has 1 heterocycles. The molecule has 0 radical (unpaired) electrons. The van der Waals surface area contributed by atoms with E-state index < -0.39 is 0 Å². The lowest BCUT2D eigenvalue weighted by Crippen LogP contribution is -2.62. The number of nitrogens with one attached hydrogen (secondary N) is 3. The zero-order chi connectivity index (χ0) is 17.8. The van der Waals surface area contributed by atoms with E-state index in [4.69, 9.17) is 17.0 Å². The lowest BCUT2D eigenvalue weighted by atomic mass is 9.80. The van der Waals surface area contributed by atoms with Crippen LogP contribution in [-0.4, -0.2) is 35.9 Å². The topological polar surface area (TPSA) is 45.3 Å². The van der Waals surface area contributed by atoms with E-state index in [1.165, 1.54) is 5.56 Å². The number of thiocarbonyl (C=S) groups is 1. The third-order valence-electron chi connectivity index (χ3n) is 4.38. The smallest absolute Gasteiger partial charge is 0.166 e. The van der Waals surface area contributed by atoms with Gasteiger partial charge < -0.3 is 20.7 Å². The summed E-state index contributed by atoms with van der Waals surface area (Å²) in [5, 5.41) is 11.3. The first kappa shape index (κ1) is 19.0. The minimum Gasteiger partial charge on any atom is -0.497 e. The summed E-state index contributed by atoms with van der Waals surface area (Å²) in [4.78, 5) is 0. The second-order valence-electron chi connectivity index (χ2n) is 8.00. The van der Waals surface area contributed by atoms with Crippen LogP contribution in [0.1, 0.15) is 46.1 Å². The molecule has 134 valence electrons. The number of rotatable bonds is 5. The first-order chi connectivity index (χ1) is 11.2. The second kappa shape index (κ2) is 7.70. The molecule has 5 heteroatoms. The quantitative estimate of drug-likeness (QED) is 0.713. The molecule has 0 aromatic heterocycles. The Kier molecular flexibility index (Phi) is 6.10. The van der Waals surface area contributed by atoms with E-state index >= 15 is 0 Å². The predicted octanol–water partition coefficient (Wildman–Crippen LogP) is 3.01. The highest BCUT2D eigenvalue weighted by molar-refractivity contribution is 7.80. The summed E-state index contributed by atoms with van der Waals surface area (Å²) in [5.74, 6) is 0.889. The summed E-state index contributed by atoms with van der Waals surface area (Å²) < 4.78 is 5.18. The summed E-state index contributed by atoms with van der Waals surface area (Å²) in [5.41, 5.74) is 1.52. The van der Waals surface area contributed by atoms with Crippen molar-refractivity contribution in [3.63, 3.8) is 0 Å². The zero-order valence-corrected chi connectivity index (χ0v) is 16.3. The van der Waals surface area contributed by atoms with Crippen molar-refractivity contribution in [3.05, 3.63) is 29.8 Å². The zero-order valence-electron chi connectivity index (χ0n) is 15.5. The minimum absolute atomic E-state index is 0.123. The highest BCUT2D eigenvalue weighted by Gasteiger charge is 2.37. The normalized spacial score (nSPS) is 19.5. The van der Waals surface area contributed by atoms with Crippen LogP contribution in [-0.2, 0) is 6.42 Å². The Morgan fingerprint density at radius 1 is 1.17 bits per heavy atom. The highest BCUT2D eigenvalue weighted by atomic mass is 32.1. The van der Waals surface area contributed by atoms with Crippen LogP contribution < -0.4 is 20.7 Å². The van der Waals surface area contributed by atoms with E-state index in [1.807, 2.05) is 12.1 Å². The van der Waals surface area contributed by atoms with Gasteiger partial charge in [0.25, 0.3) is 0 Å². The van der Waals surface area contributed by atoms with Gasteiger partial charge in [0.1, 0.15) is 5.75 Å². The average molecular weight is 350 g/mol. The standard InChI is InChI=1S/C19H31N3OS/c1-18(2)12-15(13-19(3,4)22-18)21-17(24)20-11-10-14-6-8-16(23-5)9-7-14/h6-9,15,22H,10-13H2,1-5H3,(H2,20,21,24). The molecule has 1 aliphatic rings. The number of piperidine rings is 1. The van der Waals surface area contributed by atoms with Gasteiger partial charge in [-0.25, -0.2) is 0 Å². The highest BCUT2D eigenvalue weighted by Crippen LogP contribution is 2.28. The Bertz CT molecular complexity index is 538. The first-order valence-electron chi connectivity index (χ1n) is 8.66. The van der Waals surface area contributed by atoms with Crippen LogP contribution in [0, 0.1) is 0 Å². The van der Waals surface area contributed by atoms with Crippen molar-refractivity contribution in [1.29, 1.82) is 0 Å². The van der Waals surface area contributed by atoms with Crippen LogP contribution in [0.5, 0.6) is 5.75 Å². The van der Waals surface area contributed by atoms with Crippen LogP contribution in [0.25, 0.3) is 0 Å². The van der Waals surface area contributed by atoms with Crippen molar-refractivity contribution >= 4 is 17.3 Å². The molecule has 0 amide bonds. The molecule has 2 rings (SSSR count). The molecule has 1 saturated heterocycles. The maximum absolute atomic E-state index is 5.48. The van der Waals surface area contributed by atoms with Gasteiger partial charge in [0.2, 0.25) is 0 Å². The van der Waals surface area contributed by atoms with E-state index in [0.29, 0.717) is 6.04 Å². The SMILES string of the molecule is COc1ccc(CCNC(=S)NC2CC(C)(C)NC(C)(C)C2)cc1. The summed E-state index contributed by atoms with van der Waals surface area (Å²) >= 11 is 5.48. The number of hydrogen-bond donors (Lipinski definition) is 3. The van der Waals surface area contributed by atoms with E-state index in [9.17, 15) is 0 Å². The molecule has 1 aliphatic heterocycles. The molecule has 0 bridgehead atoms. The molecule has 1 aromatic carbocycles. The van der Waals surface area contributed by atoms with Crippen molar-refractivity contribution in [2.24, 2.45) is 0 Å². The largest absolute Gasteiger partial charge is 0.497 e. The fourth-order valence-electron chi connectivity index (χ4n) is 3.77. The Morgan fingerprint density at radius 2 is 1.75 bits per heavy atom. The lowest BCUT2D eigenvalue weighted by Gasteiger charge is -2.46. The van der Waals surface area contributed by atoms with Crippen molar-refractivity contribution in [2.75, 3.05) is 13.7 Å². The molecule has 1 fully saturated rings. The Hall–Kier alpha value is -1.33. The molecule has 0 atom stereocenters. The molecule has 0 unspecified atom stereocenters. The molecular weight excluding hydrogens is 318 g/mol. The molecule has 3 N–H and O–H groups in total. The number of benzene rings is 1. The number of methoxy groups -OCH3 is 1. The molecule has 0 saturated carbocycles. The summed E-state index contributed by atoms with van der Waals surface area (Å²) in [6, 6.07) is 8.57. The monoisotopic (exact) mass is 349 g/mol. The molecule has 0 aliphatic carbocycles. The Balaban J connectivity index is 1.76. The maximum atomic E-state index is 5.48. The Labute approximate surface area is 151 Å². The minimum atomic E-state index is 0.123. The van der Waals surface area contributed by atoms with Gasteiger partial charge in [-0.1, -0.05) is 12.1 Å². The van der Waals surface area contributed by atoms with Gasteiger partial charge in [-0.05, 0) is 76.9 Å². The third-order valence-corrected chi connectivity index (χ3v) is 4.65. The summed E-state index contributed by atoms with van der Waals surface area (Å²) in [6.45, 7) is 9.84. The fraction of sp³-hybridized carbons (Fsp3) is 0.632. The van der Waals surface area contributed by atoms with Gasteiger partial charge in [0.15, 0.2) is 5.11 Å². The average Bonchev–Trinajstić information content (AvgIpc) is 2.44. The van der Waals surface area contributed by atoms with Crippen LogP contribution >= 0.6 is 12.2 Å². The maximum Gasteiger partial charge on any atom is 0.166 e. The number of hydrogen-bond acceptors (Lipinski definition) is 3.